The van der Waals surface area contributed by atoms with E-state index in [2.05, 4.69) is 5.32 Å². The smallest absolute Gasteiger partial charge is 0.313 e. The van der Waals surface area contributed by atoms with E-state index in [4.69, 9.17) is 0 Å². The van der Waals surface area contributed by atoms with E-state index in [-0.39, 0.29) is 32.2 Å². The molecule has 0 radical (unpaired) electrons. The number of hydrogen-bond donors (Lipinski definition) is 1. The number of halogens is 3. The van der Waals surface area contributed by atoms with Gasteiger partial charge < -0.3 is 5.32 Å². The minimum absolute atomic E-state index is 0.114. The summed E-state index contributed by atoms with van der Waals surface area (Å²) in [5.41, 5.74) is 0. The summed E-state index contributed by atoms with van der Waals surface area (Å²) in [4.78, 5) is 1.24. The highest BCUT2D eigenvalue weighted by atomic mass is 32.2. The maximum absolute atomic E-state index is 12.3. The third-order valence-electron chi connectivity index (χ3n) is 3.42. The molecule has 1 aliphatic heterocycles. The first-order valence-electron chi connectivity index (χ1n) is 7.04. The van der Waals surface area contributed by atoms with E-state index in [0.29, 0.717) is 6.54 Å². The van der Waals surface area contributed by atoms with Crippen LogP contribution < -0.4 is 5.32 Å². The molecule has 0 aromatic rings. The third-order valence-corrected chi connectivity index (χ3v) is 5.68. The Bertz CT molecular complexity index is 418. The van der Waals surface area contributed by atoms with Crippen LogP contribution in [-0.4, -0.2) is 74.4 Å². The number of sulfonamides is 1. The zero-order chi connectivity index (χ0) is 16.3. The van der Waals surface area contributed by atoms with Gasteiger partial charge in [-0.25, -0.2) is 8.42 Å². The van der Waals surface area contributed by atoms with Crippen LogP contribution in [0.15, 0.2) is 0 Å². The molecular weight excluding hydrogens is 307 g/mol. The van der Waals surface area contributed by atoms with Crippen LogP contribution in [0, 0.1) is 0 Å². The average molecular weight is 331 g/mol. The molecular formula is C12H24F3N3O2S. The summed E-state index contributed by atoms with van der Waals surface area (Å²) in [6.45, 7) is 5.28. The summed E-state index contributed by atoms with van der Waals surface area (Å²) in [5.74, 6) is 0. The van der Waals surface area contributed by atoms with E-state index in [1.807, 2.05) is 13.8 Å². The van der Waals surface area contributed by atoms with Crippen molar-refractivity contribution in [1.29, 1.82) is 0 Å². The summed E-state index contributed by atoms with van der Waals surface area (Å²) >= 11 is 0. The molecule has 0 spiro atoms. The predicted octanol–water partition coefficient (Wildman–Crippen LogP) is 0.883. The maximum atomic E-state index is 12.3. The van der Waals surface area contributed by atoms with Crippen molar-refractivity contribution in [3.8, 4) is 0 Å². The number of piperazine rings is 1. The van der Waals surface area contributed by atoms with Gasteiger partial charge in [0.15, 0.2) is 0 Å². The fraction of sp³-hybridized carbons (Fsp3) is 1.00. The Morgan fingerprint density at radius 1 is 1.10 bits per heavy atom. The van der Waals surface area contributed by atoms with Crippen LogP contribution >= 0.6 is 0 Å². The molecule has 1 unspecified atom stereocenters. The lowest BCUT2D eigenvalue weighted by Gasteiger charge is -2.35. The standard InChI is InChI=1S/C12H24F3N3O2S/c1-10(2)16-8-11(3)21(19,20)18-6-4-17(5-7-18)9-12(13,14)15/h10-11,16H,4-9H2,1-3H3. The van der Waals surface area contributed by atoms with Gasteiger partial charge in [0.05, 0.1) is 11.8 Å². The summed E-state index contributed by atoms with van der Waals surface area (Å²) in [6, 6.07) is 0.186. The largest absolute Gasteiger partial charge is 0.401 e. The quantitative estimate of drug-likeness (QED) is 0.785. The lowest BCUT2D eigenvalue weighted by molar-refractivity contribution is -0.148. The van der Waals surface area contributed by atoms with Gasteiger partial charge in [0, 0.05) is 38.8 Å². The summed E-state index contributed by atoms with van der Waals surface area (Å²) in [5, 5.41) is 2.48. The van der Waals surface area contributed by atoms with Gasteiger partial charge in [-0.05, 0) is 6.92 Å². The average Bonchev–Trinajstić information content (AvgIpc) is 2.34. The fourth-order valence-electron chi connectivity index (χ4n) is 2.16. The Morgan fingerprint density at radius 2 is 1.62 bits per heavy atom. The van der Waals surface area contributed by atoms with Crippen LogP contribution in [0.2, 0.25) is 0 Å². The molecule has 1 fully saturated rings. The Kier molecular flexibility index (Phi) is 6.45. The van der Waals surface area contributed by atoms with Crippen molar-refractivity contribution in [2.75, 3.05) is 39.3 Å². The van der Waals surface area contributed by atoms with Crippen molar-refractivity contribution >= 4 is 10.0 Å². The van der Waals surface area contributed by atoms with Gasteiger partial charge in [0.25, 0.3) is 0 Å². The Morgan fingerprint density at radius 3 is 2.05 bits per heavy atom. The van der Waals surface area contributed by atoms with Crippen molar-refractivity contribution in [3.05, 3.63) is 0 Å². The van der Waals surface area contributed by atoms with E-state index in [0.717, 1.165) is 0 Å². The van der Waals surface area contributed by atoms with Gasteiger partial charge in [-0.1, -0.05) is 13.8 Å². The van der Waals surface area contributed by atoms with E-state index in [1.54, 1.807) is 6.92 Å². The molecule has 1 heterocycles. The predicted molar refractivity (Wildman–Crippen MR) is 75.6 cm³/mol. The number of alkyl halides is 3. The van der Waals surface area contributed by atoms with Crippen LogP contribution in [0.5, 0.6) is 0 Å². The molecule has 0 bridgehead atoms. The monoisotopic (exact) mass is 331 g/mol. The summed E-state index contributed by atoms with van der Waals surface area (Å²) < 4.78 is 62.8. The van der Waals surface area contributed by atoms with Crippen LogP contribution in [0.4, 0.5) is 13.2 Å². The zero-order valence-corrected chi connectivity index (χ0v) is 13.5. The Hall–Kier alpha value is -0.380. The second-order valence-electron chi connectivity index (χ2n) is 5.71. The van der Waals surface area contributed by atoms with Crippen molar-refractivity contribution in [3.63, 3.8) is 0 Å². The van der Waals surface area contributed by atoms with Crippen LogP contribution in [0.3, 0.4) is 0 Å². The van der Waals surface area contributed by atoms with Crippen LogP contribution in [-0.2, 0) is 10.0 Å². The third kappa shape index (κ3) is 6.09. The highest BCUT2D eigenvalue weighted by Gasteiger charge is 2.35. The van der Waals surface area contributed by atoms with Crippen molar-refractivity contribution in [1.82, 2.24) is 14.5 Å². The first-order valence-corrected chi connectivity index (χ1v) is 8.54. The van der Waals surface area contributed by atoms with Crippen molar-refractivity contribution < 1.29 is 21.6 Å². The second-order valence-corrected chi connectivity index (χ2v) is 8.06. The Labute approximate surface area is 124 Å². The van der Waals surface area contributed by atoms with Gasteiger partial charge >= 0.3 is 6.18 Å². The minimum Gasteiger partial charge on any atom is -0.313 e. The molecule has 9 heteroatoms. The van der Waals surface area contributed by atoms with E-state index >= 15 is 0 Å². The number of nitrogens with one attached hydrogen (secondary N) is 1. The first-order chi connectivity index (χ1) is 9.52. The molecule has 1 aliphatic rings. The number of hydrogen-bond acceptors (Lipinski definition) is 4. The molecule has 5 nitrogen and oxygen atoms in total. The van der Waals surface area contributed by atoms with E-state index in [1.165, 1.54) is 9.21 Å². The SMILES string of the molecule is CC(C)NCC(C)S(=O)(=O)N1CCN(CC(F)(F)F)CC1. The summed E-state index contributed by atoms with van der Waals surface area (Å²) in [7, 11) is -3.46. The molecule has 1 rings (SSSR count). The molecule has 0 aromatic heterocycles. The highest BCUT2D eigenvalue weighted by molar-refractivity contribution is 7.89. The molecule has 21 heavy (non-hydrogen) atoms. The van der Waals surface area contributed by atoms with Crippen molar-refractivity contribution in [2.24, 2.45) is 0 Å². The molecule has 0 amide bonds. The minimum atomic E-state index is -4.24. The van der Waals surface area contributed by atoms with Gasteiger partial charge in [-0.15, -0.1) is 0 Å². The van der Waals surface area contributed by atoms with Gasteiger partial charge in [-0.2, -0.15) is 17.5 Å². The van der Waals surface area contributed by atoms with Gasteiger partial charge in [0.1, 0.15) is 0 Å². The topological polar surface area (TPSA) is 52.7 Å². The Balaban J connectivity index is 2.52. The fourth-order valence-corrected chi connectivity index (χ4v) is 3.65. The van der Waals surface area contributed by atoms with Crippen LogP contribution in [0.1, 0.15) is 20.8 Å². The van der Waals surface area contributed by atoms with E-state index in [9.17, 15) is 21.6 Å². The molecule has 1 N–H and O–H groups in total. The number of nitrogens with zero attached hydrogens (tertiary/aromatic N) is 2. The molecule has 1 saturated heterocycles. The van der Waals surface area contributed by atoms with Crippen LogP contribution in [0.25, 0.3) is 0 Å². The van der Waals surface area contributed by atoms with Gasteiger partial charge in [0.2, 0.25) is 10.0 Å². The van der Waals surface area contributed by atoms with Gasteiger partial charge in [-0.3, -0.25) is 4.90 Å². The lowest BCUT2D eigenvalue weighted by Crippen LogP contribution is -2.53. The lowest BCUT2D eigenvalue weighted by atomic mass is 10.3. The number of rotatable bonds is 6. The zero-order valence-electron chi connectivity index (χ0n) is 12.7. The first kappa shape index (κ1) is 18.7. The molecule has 1 atom stereocenters. The second kappa shape index (κ2) is 7.26. The maximum Gasteiger partial charge on any atom is 0.401 e. The molecule has 0 aliphatic carbocycles. The molecule has 0 aromatic carbocycles. The molecule has 126 valence electrons. The van der Waals surface area contributed by atoms with Crippen molar-refractivity contribution in [2.45, 2.75) is 38.2 Å². The van der Waals surface area contributed by atoms with E-state index < -0.39 is 28.0 Å². The summed E-state index contributed by atoms with van der Waals surface area (Å²) in [6.07, 6.45) is -4.24. The highest BCUT2D eigenvalue weighted by Crippen LogP contribution is 2.19. The molecule has 0 saturated carbocycles. The normalized spacial score (nSPS) is 20.9.